The molecule has 0 N–H and O–H groups in total. The fourth-order valence-electron chi connectivity index (χ4n) is 2.06. The minimum atomic E-state index is -3.83. The number of hydrogen-bond acceptors (Lipinski definition) is 7. The van der Waals surface area contributed by atoms with Crippen LogP contribution in [-0.4, -0.2) is 49.2 Å². The van der Waals surface area contributed by atoms with Crippen LogP contribution in [0.15, 0.2) is 40.1 Å². The molecule has 1 aliphatic rings. The van der Waals surface area contributed by atoms with E-state index in [1.165, 1.54) is 25.3 Å². The Balaban J connectivity index is 2.33. The second-order valence-electron chi connectivity index (χ2n) is 5.10. The summed E-state index contributed by atoms with van der Waals surface area (Å²) >= 11 is 0. The minimum Gasteiger partial charge on any atom is -0.352 e. The van der Waals surface area contributed by atoms with E-state index in [2.05, 4.69) is 4.18 Å². The Hall–Kier alpha value is -1.26. The molecule has 2 atom stereocenters. The fourth-order valence-corrected chi connectivity index (χ4v) is 3.95. The average Bonchev–Trinajstić information content (AvgIpc) is 2.89. The Morgan fingerprint density at radius 1 is 1.13 bits per heavy atom. The number of benzene rings is 1. The van der Waals surface area contributed by atoms with Crippen molar-refractivity contribution in [3.05, 3.63) is 40.8 Å². The van der Waals surface area contributed by atoms with Gasteiger partial charge in [0.2, 0.25) is 9.84 Å². The molecule has 0 aliphatic carbocycles. The van der Waals surface area contributed by atoms with Gasteiger partial charge in [-0.25, -0.2) is 8.42 Å². The van der Waals surface area contributed by atoms with Gasteiger partial charge in [0.05, 0.1) is 22.7 Å². The maximum Gasteiger partial charge on any atom is 0.264 e. The van der Waals surface area contributed by atoms with E-state index in [1.807, 2.05) is 6.92 Å². The molecule has 128 valence electrons. The van der Waals surface area contributed by atoms with Crippen molar-refractivity contribution in [1.29, 1.82) is 0 Å². The Morgan fingerprint density at radius 3 is 2.26 bits per heavy atom. The first-order valence-corrected chi connectivity index (χ1v) is 9.99. The van der Waals surface area contributed by atoms with Crippen molar-refractivity contribution in [3.63, 3.8) is 0 Å². The van der Waals surface area contributed by atoms with Crippen LogP contribution in [0.4, 0.5) is 0 Å². The molecule has 7 nitrogen and oxygen atoms in total. The van der Waals surface area contributed by atoms with Gasteiger partial charge in [-0.2, -0.15) is 8.42 Å². The summed E-state index contributed by atoms with van der Waals surface area (Å²) in [5, 5.41) is 0. The first kappa shape index (κ1) is 18.1. The van der Waals surface area contributed by atoms with Gasteiger partial charge in [0.15, 0.2) is 6.29 Å². The minimum absolute atomic E-state index is 0.0724. The molecule has 1 aliphatic heterocycles. The van der Waals surface area contributed by atoms with Crippen molar-refractivity contribution >= 4 is 20.0 Å². The van der Waals surface area contributed by atoms with Crippen molar-refractivity contribution < 1.29 is 30.5 Å². The standard InChI is InChI=1S/C14H18O7S2/c1-10-4-6-11(7-5-10)23(17,18)13-8-14(19-2)21-12(13)9-20-22(3,15)16/h4-8,12,14H,9H2,1-3H3/t12-,14+/m1/s1. The topological polar surface area (TPSA) is 96.0 Å². The highest BCUT2D eigenvalue weighted by Gasteiger charge is 2.37. The molecule has 1 aromatic carbocycles. The van der Waals surface area contributed by atoms with Crippen LogP contribution in [0, 0.1) is 6.92 Å². The third-order valence-corrected chi connectivity index (χ3v) is 5.70. The van der Waals surface area contributed by atoms with E-state index in [0.29, 0.717) is 0 Å². The monoisotopic (exact) mass is 362 g/mol. The first-order valence-electron chi connectivity index (χ1n) is 6.69. The Bertz CT molecular complexity index is 792. The molecule has 0 saturated carbocycles. The summed E-state index contributed by atoms with van der Waals surface area (Å²) in [5.41, 5.74) is 0.923. The predicted octanol–water partition coefficient (Wildman–Crippen LogP) is 1.00. The SMILES string of the molecule is CO[C@@H]1C=C(S(=O)(=O)c2ccc(C)cc2)[C@@H](COS(C)(=O)=O)O1. The van der Waals surface area contributed by atoms with Crippen LogP contribution in [0.5, 0.6) is 0 Å². The lowest BCUT2D eigenvalue weighted by molar-refractivity contribution is -0.106. The number of hydrogen-bond donors (Lipinski definition) is 0. The highest BCUT2D eigenvalue weighted by Crippen LogP contribution is 2.30. The molecular formula is C14H18O7S2. The van der Waals surface area contributed by atoms with E-state index < -0.39 is 39.0 Å². The third kappa shape index (κ3) is 4.39. The summed E-state index contributed by atoms with van der Waals surface area (Å²) in [4.78, 5) is 0.0240. The summed E-state index contributed by atoms with van der Waals surface area (Å²) in [6, 6.07) is 6.33. The van der Waals surface area contributed by atoms with Gasteiger partial charge in [0, 0.05) is 7.11 Å². The van der Waals surface area contributed by atoms with E-state index in [4.69, 9.17) is 9.47 Å². The highest BCUT2D eigenvalue weighted by molar-refractivity contribution is 7.95. The van der Waals surface area contributed by atoms with E-state index in [1.54, 1.807) is 12.1 Å². The van der Waals surface area contributed by atoms with Gasteiger partial charge in [0.25, 0.3) is 10.1 Å². The predicted molar refractivity (Wildman–Crippen MR) is 82.9 cm³/mol. The molecule has 0 amide bonds. The van der Waals surface area contributed by atoms with Gasteiger partial charge in [-0.1, -0.05) is 17.7 Å². The quantitative estimate of drug-likeness (QED) is 0.697. The molecule has 0 fully saturated rings. The van der Waals surface area contributed by atoms with Crippen molar-refractivity contribution in [2.75, 3.05) is 20.0 Å². The van der Waals surface area contributed by atoms with Crippen molar-refractivity contribution in [2.45, 2.75) is 24.2 Å². The van der Waals surface area contributed by atoms with Crippen LogP contribution < -0.4 is 0 Å². The number of aryl methyl sites for hydroxylation is 1. The Labute approximate surface area is 135 Å². The number of sulfone groups is 1. The Morgan fingerprint density at radius 2 is 1.74 bits per heavy atom. The molecule has 2 rings (SSSR count). The number of rotatable bonds is 6. The molecule has 0 spiro atoms. The molecule has 0 aromatic heterocycles. The fraction of sp³-hybridized carbons (Fsp3) is 0.429. The van der Waals surface area contributed by atoms with Gasteiger partial charge in [0.1, 0.15) is 6.10 Å². The van der Waals surface area contributed by atoms with Crippen LogP contribution in [-0.2, 0) is 33.6 Å². The average molecular weight is 362 g/mol. The lowest BCUT2D eigenvalue weighted by atomic mass is 10.2. The summed E-state index contributed by atoms with van der Waals surface area (Å²) < 4.78 is 62.7. The third-order valence-electron chi connectivity index (χ3n) is 3.22. The van der Waals surface area contributed by atoms with E-state index in [0.717, 1.165) is 11.8 Å². The van der Waals surface area contributed by atoms with Crippen molar-refractivity contribution in [1.82, 2.24) is 0 Å². The smallest absolute Gasteiger partial charge is 0.264 e. The maximum atomic E-state index is 12.7. The second kappa shape index (κ2) is 6.70. The summed E-state index contributed by atoms with van der Waals surface area (Å²) in [6.07, 6.45) is 0.262. The molecule has 9 heteroatoms. The Kier molecular flexibility index (Phi) is 5.27. The normalized spacial score (nSPS) is 22.1. The zero-order valence-corrected chi connectivity index (χ0v) is 14.6. The lowest BCUT2D eigenvalue weighted by Crippen LogP contribution is -2.26. The molecular weight excluding hydrogens is 344 g/mol. The number of ether oxygens (including phenoxy) is 2. The van der Waals surface area contributed by atoms with Gasteiger partial charge in [-0.15, -0.1) is 0 Å². The molecule has 0 saturated heterocycles. The van der Waals surface area contributed by atoms with Crippen molar-refractivity contribution in [2.24, 2.45) is 0 Å². The highest BCUT2D eigenvalue weighted by atomic mass is 32.2. The number of methoxy groups -OCH3 is 1. The zero-order valence-electron chi connectivity index (χ0n) is 12.9. The second-order valence-corrected chi connectivity index (χ2v) is 8.70. The van der Waals surface area contributed by atoms with Crippen LogP contribution >= 0.6 is 0 Å². The molecule has 0 bridgehead atoms. The zero-order chi connectivity index (χ0) is 17.3. The molecule has 23 heavy (non-hydrogen) atoms. The van der Waals surface area contributed by atoms with Gasteiger partial charge in [-0.05, 0) is 25.1 Å². The lowest BCUT2D eigenvalue weighted by Gasteiger charge is -2.16. The molecule has 0 radical (unpaired) electrons. The van der Waals surface area contributed by atoms with E-state index >= 15 is 0 Å². The van der Waals surface area contributed by atoms with Gasteiger partial charge >= 0.3 is 0 Å². The van der Waals surface area contributed by atoms with Crippen molar-refractivity contribution in [3.8, 4) is 0 Å². The van der Waals surface area contributed by atoms with Crippen LogP contribution in [0.2, 0.25) is 0 Å². The van der Waals surface area contributed by atoms with Crippen LogP contribution in [0.25, 0.3) is 0 Å². The summed E-state index contributed by atoms with van der Waals surface area (Å²) in [7, 11) is -6.19. The molecule has 1 heterocycles. The van der Waals surface area contributed by atoms with E-state index in [9.17, 15) is 16.8 Å². The van der Waals surface area contributed by atoms with Crippen LogP contribution in [0.3, 0.4) is 0 Å². The molecule has 1 aromatic rings. The maximum absolute atomic E-state index is 12.7. The van der Waals surface area contributed by atoms with Crippen LogP contribution in [0.1, 0.15) is 5.56 Å². The van der Waals surface area contributed by atoms with E-state index in [-0.39, 0.29) is 9.80 Å². The van der Waals surface area contributed by atoms with Gasteiger partial charge in [-0.3, -0.25) is 4.18 Å². The summed E-state index contributed by atoms with van der Waals surface area (Å²) in [5.74, 6) is 0. The largest absolute Gasteiger partial charge is 0.352 e. The first-order chi connectivity index (χ1) is 10.6. The van der Waals surface area contributed by atoms with Gasteiger partial charge < -0.3 is 9.47 Å². The summed E-state index contributed by atoms with van der Waals surface area (Å²) in [6.45, 7) is 1.41. The molecule has 0 unspecified atom stereocenters.